The first-order valence-electron chi connectivity index (χ1n) is 10.2. The van der Waals surface area contributed by atoms with E-state index >= 15 is 0 Å². The van der Waals surface area contributed by atoms with E-state index in [1.807, 2.05) is 81.4 Å². The van der Waals surface area contributed by atoms with E-state index in [4.69, 9.17) is 4.74 Å². The van der Waals surface area contributed by atoms with Crippen LogP contribution in [0.1, 0.15) is 16.7 Å². The molecule has 0 unspecified atom stereocenters. The number of amides is 2. The van der Waals surface area contributed by atoms with Gasteiger partial charge in [-0.25, -0.2) is 4.90 Å². The second-order valence-corrected chi connectivity index (χ2v) is 8.80. The Morgan fingerprint density at radius 3 is 2.25 bits per heavy atom. The fourth-order valence-corrected chi connectivity index (χ4v) is 4.49. The molecule has 1 aliphatic rings. The van der Waals surface area contributed by atoms with Gasteiger partial charge in [0.1, 0.15) is 16.4 Å². The first-order chi connectivity index (χ1) is 15.4. The summed E-state index contributed by atoms with van der Waals surface area (Å²) in [7, 11) is 1.59. The number of hydrogen-bond acceptors (Lipinski definition) is 5. The summed E-state index contributed by atoms with van der Waals surface area (Å²) < 4.78 is 5.29. The molecule has 162 valence electrons. The van der Waals surface area contributed by atoms with E-state index in [-0.39, 0.29) is 17.5 Å². The van der Waals surface area contributed by atoms with Gasteiger partial charge < -0.3 is 10.1 Å². The van der Waals surface area contributed by atoms with Gasteiger partial charge in [-0.3, -0.25) is 9.59 Å². The molecule has 0 fully saturated rings. The average Bonchev–Trinajstić information content (AvgIpc) is 3.00. The Morgan fingerprint density at radius 1 is 0.844 bits per heavy atom. The predicted octanol–water partition coefficient (Wildman–Crippen LogP) is 5.61. The van der Waals surface area contributed by atoms with Crippen molar-refractivity contribution in [3.63, 3.8) is 0 Å². The number of carbonyl (C=O) groups excluding carboxylic acids is 2. The molecule has 32 heavy (non-hydrogen) atoms. The number of anilines is 2. The van der Waals surface area contributed by atoms with Crippen LogP contribution in [-0.2, 0) is 9.59 Å². The molecular weight excluding hydrogens is 420 g/mol. The van der Waals surface area contributed by atoms with Gasteiger partial charge in [0.2, 0.25) is 0 Å². The summed E-state index contributed by atoms with van der Waals surface area (Å²) >= 11 is 1.29. The van der Waals surface area contributed by atoms with E-state index in [1.165, 1.54) is 16.7 Å². The van der Waals surface area contributed by atoms with Gasteiger partial charge in [-0.1, -0.05) is 53.2 Å². The smallest absolute Gasteiger partial charge is 0.283 e. The molecule has 0 saturated carbocycles. The van der Waals surface area contributed by atoms with Gasteiger partial charge in [0.15, 0.2) is 0 Å². The third kappa shape index (κ3) is 4.27. The second-order valence-electron chi connectivity index (χ2n) is 7.71. The number of nitrogens with one attached hydrogen (secondary N) is 1. The fraction of sp³-hybridized carbons (Fsp3) is 0.154. The number of imide groups is 1. The maximum Gasteiger partial charge on any atom is 0.283 e. The Kier molecular flexibility index (Phi) is 6.06. The molecule has 0 saturated heterocycles. The minimum Gasteiger partial charge on any atom is -0.497 e. The van der Waals surface area contributed by atoms with Crippen molar-refractivity contribution in [3.05, 3.63) is 94.0 Å². The minimum atomic E-state index is -0.376. The van der Waals surface area contributed by atoms with E-state index in [0.717, 1.165) is 21.6 Å². The predicted molar refractivity (Wildman–Crippen MR) is 129 cm³/mol. The normalized spacial score (nSPS) is 13.7. The molecule has 2 amide bonds. The molecular formula is C26H24N2O3S. The maximum atomic E-state index is 13.5. The number of hydrogen-bond donors (Lipinski definition) is 1. The summed E-state index contributed by atoms with van der Waals surface area (Å²) in [5.41, 5.74) is 4.59. The summed E-state index contributed by atoms with van der Waals surface area (Å²) in [5, 5.41) is 3.17. The molecule has 0 bridgehead atoms. The van der Waals surface area contributed by atoms with E-state index in [9.17, 15) is 9.59 Å². The summed E-state index contributed by atoms with van der Waals surface area (Å²) in [4.78, 5) is 29.5. The number of rotatable bonds is 6. The molecule has 4 rings (SSSR count). The third-order valence-electron chi connectivity index (χ3n) is 5.21. The van der Waals surface area contributed by atoms with Crippen LogP contribution < -0.4 is 15.0 Å². The molecule has 6 heteroatoms. The summed E-state index contributed by atoms with van der Waals surface area (Å²) in [6, 6.07) is 20.9. The lowest BCUT2D eigenvalue weighted by atomic mass is 10.1. The van der Waals surface area contributed by atoms with Crippen LogP contribution in [0.25, 0.3) is 0 Å². The highest BCUT2D eigenvalue weighted by molar-refractivity contribution is 8.04. The van der Waals surface area contributed by atoms with Crippen LogP contribution in [0.5, 0.6) is 5.75 Å². The third-order valence-corrected chi connectivity index (χ3v) is 6.31. The Balaban J connectivity index is 1.76. The number of aryl methyl sites for hydroxylation is 3. The molecule has 0 radical (unpaired) electrons. The molecule has 0 spiro atoms. The van der Waals surface area contributed by atoms with Crippen molar-refractivity contribution in [1.82, 2.24) is 0 Å². The van der Waals surface area contributed by atoms with E-state index in [1.54, 1.807) is 13.2 Å². The van der Waals surface area contributed by atoms with Crippen LogP contribution in [0.15, 0.2) is 82.2 Å². The molecule has 1 aliphatic heterocycles. The zero-order valence-electron chi connectivity index (χ0n) is 18.4. The summed E-state index contributed by atoms with van der Waals surface area (Å²) in [6.45, 7) is 5.90. The molecule has 3 aromatic carbocycles. The van der Waals surface area contributed by atoms with Gasteiger partial charge in [0.05, 0.1) is 12.8 Å². The van der Waals surface area contributed by atoms with Crippen LogP contribution in [0, 0.1) is 20.8 Å². The van der Waals surface area contributed by atoms with Crippen LogP contribution in [0.2, 0.25) is 0 Å². The number of ether oxygens (including phenoxy) is 1. The van der Waals surface area contributed by atoms with Crippen LogP contribution in [0.3, 0.4) is 0 Å². The van der Waals surface area contributed by atoms with Gasteiger partial charge in [0, 0.05) is 16.6 Å². The summed E-state index contributed by atoms with van der Waals surface area (Å²) in [5.74, 6) is -0.0522. The van der Waals surface area contributed by atoms with Gasteiger partial charge >= 0.3 is 0 Å². The Bertz CT molecular complexity index is 1230. The van der Waals surface area contributed by atoms with Crippen LogP contribution in [0.4, 0.5) is 11.4 Å². The topological polar surface area (TPSA) is 58.6 Å². The molecule has 0 aromatic heterocycles. The van der Waals surface area contributed by atoms with Crippen molar-refractivity contribution in [3.8, 4) is 5.75 Å². The van der Waals surface area contributed by atoms with E-state index in [2.05, 4.69) is 5.32 Å². The minimum absolute atomic E-state index is 0.258. The van der Waals surface area contributed by atoms with Crippen LogP contribution in [-0.4, -0.2) is 18.9 Å². The molecule has 3 aromatic rings. The lowest BCUT2D eigenvalue weighted by molar-refractivity contribution is -0.120. The van der Waals surface area contributed by atoms with Crippen molar-refractivity contribution >= 4 is 35.0 Å². The van der Waals surface area contributed by atoms with Crippen LogP contribution >= 0.6 is 11.8 Å². The highest BCUT2D eigenvalue weighted by Gasteiger charge is 2.40. The number of thioether (sulfide) groups is 1. The second kappa shape index (κ2) is 8.93. The zero-order chi connectivity index (χ0) is 22.8. The van der Waals surface area contributed by atoms with E-state index < -0.39 is 0 Å². The largest absolute Gasteiger partial charge is 0.497 e. The maximum absolute atomic E-state index is 13.5. The molecule has 0 atom stereocenters. The first-order valence-corrected chi connectivity index (χ1v) is 11.0. The Labute approximate surface area is 192 Å². The lowest BCUT2D eigenvalue weighted by Crippen LogP contribution is -2.33. The van der Waals surface area contributed by atoms with Crippen molar-refractivity contribution in [2.45, 2.75) is 25.7 Å². The average molecular weight is 445 g/mol. The Hall–Kier alpha value is -3.51. The van der Waals surface area contributed by atoms with Gasteiger partial charge in [-0.05, 0) is 56.7 Å². The summed E-state index contributed by atoms with van der Waals surface area (Å²) in [6.07, 6.45) is 0. The molecule has 5 nitrogen and oxygen atoms in total. The quantitative estimate of drug-likeness (QED) is 0.501. The number of carbonyl (C=O) groups is 2. The zero-order valence-corrected chi connectivity index (χ0v) is 19.2. The van der Waals surface area contributed by atoms with Crippen molar-refractivity contribution in [2.75, 3.05) is 17.3 Å². The fourth-order valence-electron chi connectivity index (χ4n) is 3.56. The highest BCUT2D eigenvalue weighted by Crippen LogP contribution is 2.39. The van der Waals surface area contributed by atoms with E-state index in [0.29, 0.717) is 22.0 Å². The van der Waals surface area contributed by atoms with Gasteiger partial charge in [0.25, 0.3) is 11.8 Å². The molecule has 0 aliphatic carbocycles. The van der Waals surface area contributed by atoms with Gasteiger partial charge in [-0.2, -0.15) is 0 Å². The van der Waals surface area contributed by atoms with Crippen molar-refractivity contribution < 1.29 is 14.3 Å². The lowest BCUT2D eigenvalue weighted by Gasteiger charge is -2.18. The van der Waals surface area contributed by atoms with Crippen molar-refractivity contribution in [2.24, 2.45) is 0 Å². The molecule has 1 N–H and O–H groups in total. The number of benzene rings is 3. The monoisotopic (exact) mass is 444 g/mol. The molecule has 1 heterocycles. The SMILES string of the molecule is COc1cccc(NC2=C(Sc3ccc(C)cc3)C(=O)N(c3ccc(C)cc3C)C2=O)c1. The Morgan fingerprint density at radius 2 is 1.56 bits per heavy atom. The number of methoxy groups -OCH3 is 1. The number of nitrogens with zero attached hydrogens (tertiary/aromatic N) is 1. The highest BCUT2D eigenvalue weighted by atomic mass is 32.2. The van der Waals surface area contributed by atoms with Gasteiger partial charge in [-0.15, -0.1) is 0 Å². The van der Waals surface area contributed by atoms with Crippen molar-refractivity contribution in [1.29, 1.82) is 0 Å². The standard InChI is InChI=1S/C26H24N2O3S/c1-16-8-11-21(12-9-16)32-24-23(27-19-6-5-7-20(15-19)31-4)25(29)28(26(24)30)22-13-10-17(2)14-18(22)3/h5-15,27H,1-4H3. The first kappa shape index (κ1) is 21.7.